The smallest absolute Gasteiger partial charge is 0.422 e. The average molecular weight is 557 g/mol. The van der Waals surface area contributed by atoms with E-state index < -0.39 is 29.7 Å². The summed E-state index contributed by atoms with van der Waals surface area (Å²) in [7, 11) is 0. The minimum atomic E-state index is -5.11. The van der Waals surface area contributed by atoms with Gasteiger partial charge in [0.2, 0.25) is 0 Å². The summed E-state index contributed by atoms with van der Waals surface area (Å²) in [6.07, 6.45) is -2.19. The zero-order valence-electron chi connectivity index (χ0n) is 20.9. The molecule has 0 unspecified atom stereocenters. The highest BCUT2D eigenvalue weighted by Crippen LogP contribution is 2.40. The number of fused-ring (bicyclic) bond motifs is 1. The van der Waals surface area contributed by atoms with Crippen LogP contribution in [-0.4, -0.2) is 26.4 Å². The molecule has 1 aliphatic carbocycles. The number of alkyl halides is 3. The van der Waals surface area contributed by atoms with Crippen molar-refractivity contribution in [1.82, 2.24) is 0 Å². The van der Waals surface area contributed by atoms with E-state index in [1.165, 1.54) is 0 Å². The van der Waals surface area contributed by atoms with Crippen molar-refractivity contribution in [2.75, 3.05) is 26.4 Å². The van der Waals surface area contributed by atoms with E-state index in [0.29, 0.717) is 50.4 Å². The summed E-state index contributed by atoms with van der Waals surface area (Å²) in [5.41, 5.74) is -2.00. The lowest BCUT2D eigenvalue weighted by Gasteiger charge is -2.37. The van der Waals surface area contributed by atoms with Crippen LogP contribution in [0.15, 0.2) is 36.4 Å². The summed E-state index contributed by atoms with van der Waals surface area (Å²) in [6.45, 7) is 3.89. The third kappa shape index (κ3) is 6.07. The van der Waals surface area contributed by atoms with Crippen LogP contribution >= 0.6 is 11.3 Å². The minimum absolute atomic E-state index is 0.0948. The van der Waals surface area contributed by atoms with Gasteiger partial charge in [0, 0.05) is 16.2 Å². The fourth-order valence-corrected chi connectivity index (χ4v) is 6.27. The molecular weight excluding hydrogens is 527 g/mol. The molecule has 0 spiro atoms. The van der Waals surface area contributed by atoms with Crippen LogP contribution in [0, 0.1) is 29.4 Å². The van der Waals surface area contributed by atoms with Crippen LogP contribution in [0.2, 0.25) is 0 Å². The first-order chi connectivity index (χ1) is 18.2. The maximum atomic E-state index is 13.9. The van der Waals surface area contributed by atoms with Crippen LogP contribution in [0.4, 0.5) is 22.0 Å². The number of benzene rings is 2. The standard InChI is InChI=1S/C28H29F5O4S/c1-2-34-21-8-7-18-11-25(38-24(18)12-21)35-13-16-3-5-17(6-4-16)20-14-36-27(37-15-20)19-9-22(29)26(23(30)10-19)28(31,32)33/h7-12,16-17,20,27H,2-6,13-15H2,1H3. The predicted molar refractivity (Wildman–Crippen MR) is 133 cm³/mol. The van der Waals surface area contributed by atoms with Gasteiger partial charge in [0.1, 0.15) is 22.9 Å². The molecule has 0 N–H and O–H groups in total. The Hall–Kier alpha value is -2.43. The third-order valence-electron chi connectivity index (χ3n) is 7.34. The van der Waals surface area contributed by atoms with Crippen LogP contribution < -0.4 is 9.47 Å². The molecule has 1 saturated heterocycles. The summed E-state index contributed by atoms with van der Waals surface area (Å²) in [6, 6.07) is 9.37. The molecule has 2 aliphatic rings. The van der Waals surface area contributed by atoms with Gasteiger partial charge >= 0.3 is 6.18 Å². The van der Waals surface area contributed by atoms with E-state index in [0.717, 1.165) is 46.6 Å². The first kappa shape index (κ1) is 27.1. The molecule has 0 bridgehead atoms. The molecule has 5 rings (SSSR count). The van der Waals surface area contributed by atoms with Gasteiger partial charge in [-0.05, 0) is 86.2 Å². The quantitative estimate of drug-likeness (QED) is 0.275. The Labute approximate surface area is 221 Å². The van der Waals surface area contributed by atoms with Crippen molar-refractivity contribution in [1.29, 1.82) is 0 Å². The number of ether oxygens (including phenoxy) is 4. The highest BCUT2D eigenvalue weighted by molar-refractivity contribution is 7.20. The molecule has 0 radical (unpaired) electrons. The molecule has 2 aromatic carbocycles. The topological polar surface area (TPSA) is 36.9 Å². The monoisotopic (exact) mass is 556 g/mol. The van der Waals surface area contributed by atoms with Gasteiger partial charge in [-0.1, -0.05) is 11.3 Å². The van der Waals surface area contributed by atoms with Gasteiger partial charge in [0.25, 0.3) is 0 Å². The molecule has 38 heavy (non-hydrogen) atoms. The maximum Gasteiger partial charge on any atom is 0.422 e. The molecule has 0 amide bonds. The normalized spacial score (nSPS) is 24.5. The second-order valence-corrected chi connectivity index (χ2v) is 11.0. The number of rotatable bonds is 7. The first-order valence-electron chi connectivity index (χ1n) is 12.8. The molecule has 4 nitrogen and oxygen atoms in total. The summed E-state index contributed by atoms with van der Waals surface area (Å²) >= 11 is 1.61. The molecule has 1 aromatic heterocycles. The Morgan fingerprint density at radius 1 is 0.895 bits per heavy atom. The van der Waals surface area contributed by atoms with E-state index in [9.17, 15) is 22.0 Å². The summed E-state index contributed by atoms with van der Waals surface area (Å²) in [4.78, 5) is 0. The molecule has 10 heteroatoms. The van der Waals surface area contributed by atoms with E-state index in [2.05, 4.69) is 6.07 Å². The highest BCUT2D eigenvalue weighted by Gasteiger charge is 2.39. The lowest BCUT2D eigenvalue weighted by Crippen LogP contribution is -2.35. The molecule has 1 aliphatic heterocycles. The number of hydrogen-bond donors (Lipinski definition) is 0. The maximum absolute atomic E-state index is 13.9. The largest absolute Gasteiger partial charge is 0.494 e. The van der Waals surface area contributed by atoms with Crippen molar-refractivity contribution in [3.8, 4) is 10.8 Å². The lowest BCUT2D eigenvalue weighted by atomic mass is 9.76. The fraction of sp³-hybridized carbons (Fsp3) is 0.500. The summed E-state index contributed by atoms with van der Waals surface area (Å²) in [5.74, 6) is -1.53. The van der Waals surface area contributed by atoms with E-state index in [-0.39, 0.29) is 11.5 Å². The average Bonchev–Trinajstić information content (AvgIpc) is 3.29. The second-order valence-electron chi connectivity index (χ2n) is 9.91. The molecule has 1 saturated carbocycles. The zero-order chi connectivity index (χ0) is 26.9. The Balaban J connectivity index is 1.08. The van der Waals surface area contributed by atoms with Gasteiger partial charge in [0.15, 0.2) is 11.4 Å². The van der Waals surface area contributed by atoms with Crippen molar-refractivity contribution >= 4 is 21.4 Å². The molecule has 206 valence electrons. The molecule has 0 atom stereocenters. The molecule has 2 fully saturated rings. The number of halogens is 5. The van der Waals surface area contributed by atoms with Crippen LogP contribution in [0.3, 0.4) is 0 Å². The SMILES string of the molecule is CCOc1ccc2cc(OCC3CCC(C4COC(c5cc(F)c(C(F)(F)F)c(F)c5)OC4)CC3)sc2c1. The van der Waals surface area contributed by atoms with Gasteiger partial charge in [-0.2, -0.15) is 13.2 Å². The van der Waals surface area contributed by atoms with E-state index in [4.69, 9.17) is 18.9 Å². The third-order valence-corrected chi connectivity index (χ3v) is 8.35. The minimum Gasteiger partial charge on any atom is -0.494 e. The summed E-state index contributed by atoms with van der Waals surface area (Å²) < 4.78 is 90.6. The Morgan fingerprint density at radius 3 is 2.21 bits per heavy atom. The van der Waals surface area contributed by atoms with Crippen molar-refractivity contribution in [3.05, 3.63) is 59.2 Å². The van der Waals surface area contributed by atoms with Crippen molar-refractivity contribution in [3.63, 3.8) is 0 Å². The van der Waals surface area contributed by atoms with Crippen molar-refractivity contribution in [2.24, 2.45) is 17.8 Å². The zero-order valence-corrected chi connectivity index (χ0v) is 21.7. The van der Waals surface area contributed by atoms with Gasteiger partial charge in [-0.25, -0.2) is 8.78 Å². The molecule has 3 aromatic rings. The number of thiophene rings is 1. The second kappa shape index (κ2) is 11.4. The van der Waals surface area contributed by atoms with Gasteiger partial charge in [-0.3, -0.25) is 0 Å². The van der Waals surface area contributed by atoms with Gasteiger partial charge in [0.05, 0.1) is 26.4 Å². The van der Waals surface area contributed by atoms with Gasteiger partial charge < -0.3 is 18.9 Å². The predicted octanol–water partition coefficient (Wildman–Crippen LogP) is 8.14. The van der Waals surface area contributed by atoms with E-state index >= 15 is 0 Å². The van der Waals surface area contributed by atoms with Crippen LogP contribution in [-0.2, 0) is 15.7 Å². The molecular formula is C28H29F5O4S. The van der Waals surface area contributed by atoms with Crippen molar-refractivity contribution in [2.45, 2.75) is 45.1 Å². The highest BCUT2D eigenvalue weighted by atomic mass is 32.1. The summed E-state index contributed by atoms with van der Waals surface area (Å²) in [5, 5.41) is 2.03. The van der Waals surface area contributed by atoms with Crippen molar-refractivity contribution < 1.29 is 40.9 Å². The van der Waals surface area contributed by atoms with Crippen LogP contribution in [0.1, 0.15) is 50.0 Å². The van der Waals surface area contributed by atoms with Gasteiger partial charge in [-0.15, -0.1) is 0 Å². The first-order valence-corrected chi connectivity index (χ1v) is 13.6. The van der Waals surface area contributed by atoms with E-state index in [1.54, 1.807) is 11.3 Å². The fourth-order valence-electron chi connectivity index (χ4n) is 5.32. The van der Waals surface area contributed by atoms with Crippen LogP contribution in [0.5, 0.6) is 10.8 Å². The van der Waals surface area contributed by atoms with Crippen LogP contribution in [0.25, 0.3) is 10.1 Å². The number of hydrogen-bond acceptors (Lipinski definition) is 5. The lowest BCUT2D eigenvalue weighted by molar-refractivity contribution is -0.215. The van der Waals surface area contributed by atoms with E-state index in [1.807, 2.05) is 25.1 Å². The Morgan fingerprint density at radius 2 is 1.58 bits per heavy atom. The molecule has 2 heterocycles. The Bertz CT molecular complexity index is 1220. The Kier molecular flexibility index (Phi) is 8.11.